The molecule has 2 atom stereocenters. The fraction of sp³-hybridized carbons (Fsp3) is 0.632. The van der Waals surface area contributed by atoms with Crippen LogP contribution in [0.15, 0.2) is 29.2 Å². The van der Waals surface area contributed by atoms with E-state index < -0.39 is 10.0 Å². The van der Waals surface area contributed by atoms with Gasteiger partial charge in [-0.1, -0.05) is 6.42 Å². The Bertz CT molecular complexity index is 749. The van der Waals surface area contributed by atoms with Crippen molar-refractivity contribution in [3.8, 4) is 5.75 Å². The van der Waals surface area contributed by atoms with Crippen LogP contribution in [0.2, 0.25) is 0 Å². The summed E-state index contributed by atoms with van der Waals surface area (Å²) in [5, 5.41) is 3.15. The molecule has 0 bridgehead atoms. The molecule has 1 aliphatic carbocycles. The van der Waals surface area contributed by atoms with Gasteiger partial charge in [-0.05, 0) is 62.4 Å². The zero-order valence-electron chi connectivity index (χ0n) is 16.2. The molecule has 1 aliphatic heterocycles. The standard InChI is InChI=1S/C19H29N3O4S.ClH/c1-26-16-5-7-17(8-6-16)27(24,25)22-11-9-14(10-12-22)19(23)21-18-4-2-3-15(18)13-20;/h5-8,14-15,18H,2-4,9-13,20H2,1H3,(H,21,23);1H. The molecule has 2 aliphatic rings. The first-order chi connectivity index (χ1) is 13.0. The molecule has 28 heavy (non-hydrogen) atoms. The number of piperidine rings is 1. The second kappa shape index (κ2) is 9.91. The molecule has 2 unspecified atom stereocenters. The normalized spacial score (nSPS) is 23.8. The smallest absolute Gasteiger partial charge is 0.243 e. The number of sulfonamides is 1. The molecule has 0 aromatic heterocycles. The van der Waals surface area contributed by atoms with Crippen LogP contribution in [-0.2, 0) is 14.8 Å². The first-order valence-electron chi connectivity index (χ1n) is 9.60. The van der Waals surface area contributed by atoms with E-state index in [2.05, 4.69) is 5.32 Å². The van der Waals surface area contributed by atoms with Gasteiger partial charge in [-0.2, -0.15) is 4.31 Å². The summed E-state index contributed by atoms with van der Waals surface area (Å²) in [6, 6.07) is 6.56. The molecule has 158 valence electrons. The van der Waals surface area contributed by atoms with Gasteiger partial charge in [0.2, 0.25) is 15.9 Å². The number of ether oxygens (including phenoxy) is 1. The molecule has 7 nitrogen and oxygen atoms in total. The number of nitrogens with two attached hydrogens (primary N) is 1. The fourth-order valence-corrected chi connectivity index (χ4v) is 5.53. The number of hydrogen-bond donors (Lipinski definition) is 2. The Balaban J connectivity index is 0.00000280. The molecule has 1 saturated carbocycles. The topological polar surface area (TPSA) is 102 Å². The van der Waals surface area contributed by atoms with E-state index in [0.717, 1.165) is 19.3 Å². The van der Waals surface area contributed by atoms with E-state index in [-0.39, 0.29) is 35.2 Å². The second-order valence-electron chi connectivity index (χ2n) is 7.40. The van der Waals surface area contributed by atoms with Crippen molar-refractivity contribution in [2.24, 2.45) is 17.6 Å². The Hall–Kier alpha value is -1.35. The van der Waals surface area contributed by atoms with Crippen molar-refractivity contribution in [2.45, 2.75) is 43.0 Å². The lowest BCUT2D eigenvalue weighted by atomic mass is 9.95. The molecule has 2 fully saturated rings. The maximum atomic E-state index is 12.8. The molecular formula is C19H30ClN3O4S. The lowest BCUT2D eigenvalue weighted by molar-refractivity contribution is -0.127. The summed E-state index contributed by atoms with van der Waals surface area (Å²) in [5.41, 5.74) is 5.79. The van der Waals surface area contributed by atoms with E-state index in [9.17, 15) is 13.2 Å². The number of rotatable bonds is 6. The van der Waals surface area contributed by atoms with Crippen LogP contribution in [0.25, 0.3) is 0 Å². The molecule has 1 saturated heterocycles. The van der Waals surface area contributed by atoms with Gasteiger partial charge in [0.05, 0.1) is 12.0 Å². The number of hydrogen-bond acceptors (Lipinski definition) is 5. The summed E-state index contributed by atoms with van der Waals surface area (Å²) in [7, 11) is -2.00. The van der Waals surface area contributed by atoms with Crippen LogP contribution in [-0.4, -0.2) is 51.4 Å². The van der Waals surface area contributed by atoms with Crippen LogP contribution in [0.1, 0.15) is 32.1 Å². The summed E-state index contributed by atoms with van der Waals surface area (Å²) in [5.74, 6) is 0.893. The summed E-state index contributed by atoms with van der Waals surface area (Å²) in [4.78, 5) is 12.8. The van der Waals surface area contributed by atoms with Gasteiger partial charge in [0.15, 0.2) is 0 Å². The number of benzene rings is 1. The maximum Gasteiger partial charge on any atom is 0.243 e. The van der Waals surface area contributed by atoms with Crippen molar-refractivity contribution in [3.05, 3.63) is 24.3 Å². The van der Waals surface area contributed by atoms with Crippen molar-refractivity contribution in [3.63, 3.8) is 0 Å². The van der Waals surface area contributed by atoms with Crippen LogP contribution >= 0.6 is 12.4 Å². The van der Waals surface area contributed by atoms with Gasteiger partial charge < -0.3 is 15.8 Å². The number of amides is 1. The summed E-state index contributed by atoms with van der Waals surface area (Å²) < 4.78 is 32.1. The highest BCUT2D eigenvalue weighted by Gasteiger charge is 2.34. The zero-order valence-corrected chi connectivity index (χ0v) is 17.8. The largest absolute Gasteiger partial charge is 0.497 e. The zero-order chi connectivity index (χ0) is 19.4. The quantitative estimate of drug-likeness (QED) is 0.714. The van der Waals surface area contributed by atoms with Gasteiger partial charge in [0.25, 0.3) is 0 Å². The van der Waals surface area contributed by atoms with Gasteiger partial charge >= 0.3 is 0 Å². The van der Waals surface area contributed by atoms with Crippen LogP contribution in [0.5, 0.6) is 5.75 Å². The summed E-state index contributed by atoms with van der Waals surface area (Å²) >= 11 is 0. The van der Waals surface area contributed by atoms with Gasteiger partial charge in [-0.3, -0.25) is 4.79 Å². The molecule has 1 amide bonds. The number of carbonyl (C=O) groups excluding carboxylic acids is 1. The first-order valence-corrected chi connectivity index (χ1v) is 11.0. The Labute approximate surface area is 173 Å². The van der Waals surface area contributed by atoms with Crippen molar-refractivity contribution in [1.29, 1.82) is 0 Å². The minimum absolute atomic E-state index is 0. The lowest BCUT2D eigenvalue weighted by Crippen LogP contribution is -2.46. The number of nitrogens with zero attached hydrogens (tertiary/aromatic N) is 1. The lowest BCUT2D eigenvalue weighted by Gasteiger charge is -2.31. The Morgan fingerprint density at radius 2 is 1.82 bits per heavy atom. The highest BCUT2D eigenvalue weighted by molar-refractivity contribution is 7.89. The second-order valence-corrected chi connectivity index (χ2v) is 9.33. The minimum Gasteiger partial charge on any atom is -0.497 e. The van der Waals surface area contributed by atoms with E-state index >= 15 is 0 Å². The Morgan fingerprint density at radius 3 is 2.39 bits per heavy atom. The van der Waals surface area contributed by atoms with Gasteiger partial charge in [0, 0.05) is 25.0 Å². The Morgan fingerprint density at radius 1 is 1.18 bits per heavy atom. The number of carbonyl (C=O) groups is 1. The first kappa shape index (κ1) is 22.9. The van der Waals surface area contributed by atoms with Crippen molar-refractivity contribution in [2.75, 3.05) is 26.7 Å². The molecule has 3 N–H and O–H groups in total. The SMILES string of the molecule is COc1ccc(S(=O)(=O)N2CCC(C(=O)NC3CCCC3CN)CC2)cc1.Cl. The average molecular weight is 432 g/mol. The van der Waals surface area contributed by atoms with Crippen LogP contribution < -0.4 is 15.8 Å². The molecule has 9 heteroatoms. The third-order valence-electron chi connectivity index (χ3n) is 5.81. The summed E-state index contributed by atoms with van der Waals surface area (Å²) in [6.45, 7) is 1.32. The monoisotopic (exact) mass is 431 g/mol. The van der Waals surface area contributed by atoms with Gasteiger partial charge in [-0.15, -0.1) is 12.4 Å². The van der Waals surface area contributed by atoms with Gasteiger partial charge in [0.1, 0.15) is 5.75 Å². The van der Waals surface area contributed by atoms with Crippen molar-refractivity contribution in [1.82, 2.24) is 9.62 Å². The van der Waals surface area contributed by atoms with Crippen molar-refractivity contribution < 1.29 is 17.9 Å². The minimum atomic E-state index is -3.54. The van der Waals surface area contributed by atoms with Gasteiger partial charge in [-0.25, -0.2) is 8.42 Å². The molecular weight excluding hydrogens is 402 g/mol. The predicted octanol–water partition coefficient (Wildman–Crippen LogP) is 1.76. The predicted molar refractivity (Wildman–Crippen MR) is 110 cm³/mol. The molecule has 1 aromatic carbocycles. The third kappa shape index (κ3) is 4.97. The fourth-order valence-electron chi connectivity index (χ4n) is 4.06. The third-order valence-corrected chi connectivity index (χ3v) is 7.72. The van der Waals surface area contributed by atoms with E-state index in [1.807, 2.05) is 0 Å². The highest BCUT2D eigenvalue weighted by Crippen LogP contribution is 2.28. The number of nitrogens with one attached hydrogen (secondary N) is 1. The average Bonchev–Trinajstić information content (AvgIpc) is 3.15. The van der Waals surface area contributed by atoms with E-state index in [1.165, 1.54) is 4.31 Å². The van der Waals surface area contributed by atoms with E-state index in [4.69, 9.17) is 10.5 Å². The van der Waals surface area contributed by atoms with Crippen LogP contribution in [0, 0.1) is 11.8 Å². The maximum absolute atomic E-state index is 12.8. The highest BCUT2D eigenvalue weighted by atomic mass is 35.5. The van der Waals surface area contributed by atoms with Crippen molar-refractivity contribution >= 4 is 28.3 Å². The Kier molecular flexibility index (Phi) is 8.12. The molecule has 1 aromatic rings. The molecule has 0 radical (unpaired) electrons. The van der Waals surface area contributed by atoms with E-state index in [0.29, 0.717) is 44.1 Å². The number of methoxy groups -OCH3 is 1. The van der Waals surface area contributed by atoms with Crippen LogP contribution in [0.4, 0.5) is 0 Å². The molecule has 0 spiro atoms. The number of halogens is 1. The van der Waals surface area contributed by atoms with E-state index in [1.54, 1.807) is 31.4 Å². The van der Waals surface area contributed by atoms with Crippen LogP contribution in [0.3, 0.4) is 0 Å². The molecule has 1 heterocycles. The summed E-state index contributed by atoms with van der Waals surface area (Å²) in [6.07, 6.45) is 4.24. The molecule has 3 rings (SSSR count).